The molecule has 0 fully saturated rings. The number of halogens is 1. The minimum atomic E-state index is -0.387. The molecule has 0 unspecified atom stereocenters. The first-order chi connectivity index (χ1) is 20.4. The number of carbonyl (C=O) groups is 2. The van der Waals surface area contributed by atoms with E-state index in [2.05, 4.69) is 24.1 Å². The zero-order chi connectivity index (χ0) is 29.8. The third-order valence-corrected chi connectivity index (χ3v) is 7.18. The van der Waals surface area contributed by atoms with Gasteiger partial charge in [-0.05, 0) is 74.0 Å². The maximum Gasteiger partial charge on any atom is 0.255 e. The van der Waals surface area contributed by atoms with E-state index in [-0.39, 0.29) is 11.7 Å². The van der Waals surface area contributed by atoms with Crippen molar-refractivity contribution in [2.45, 2.75) is 13.8 Å². The monoisotopic (exact) mass is 566 g/mol. The zero-order valence-corrected chi connectivity index (χ0v) is 23.9. The van der Waals surface area contributed by atoms with Gasteiger partial charge in [0.2, 0.25) is 0 Å². The number of ether oxygens (including phenoxy) is 2. The summed E-state index contributed by atoms with van der Waals surface area (Å²) in [6, 6.07) is 22.3. The van der Waals surface area contributed by atoms with Crippen molar-refractivity contribution < 1.29 is 27.9 Å². The second-order valence-corrected chi connectivity index (χ2v) is 9.58. The number of carbonyl (C=O) groups excluding carboxylic acids is 2. The minimum Gasteiger partial charge on any atom is -0.496 e. The van der Waals surface area contributed by atoms with Gasteiger partial charge in [-0.1, -0.05) is 12.1 Å². The van der Waals surface area contributed by atoms with Gasteiger partial charge in [-0.2, -0.15) is 0 Å². The van der Waals surface area contributed by atoms with Crippen LogP contribution < -0.4 is 19.7 Å². The molecule has 1 aromatic heterocycles. The first-order valence-corrected chi connectivity index (χ1v) is 13.7. The molecule has 1 heterocycles. The fourth-order valence-electron chi connectivity index (χ4n) is 5.08. The third-order valence-electron chi connectivity index (χ3n) is 7.18. The molecule has 0 saturated heterocycles. The van der Waals surface area contributed by atoms with Crippen molar-refractivity contribution in [1.82, 2.24) is 5.32 Å². The van der Waals surface area contributed by atoms with Crippen molar-refractivity contribution in [2.24, 2.45) is 0 Å². The Morgan fingerprint density at radius 2 is 1.69 bits per heavy atom. The van der Waals surface area contributed by atoms with Crippen molar-refractivity contribution in [3.63, 3.8) is 0 Å². The Hall–Kier alpha value is -5.11. The molecule has 42 heavy (non-hydrogen) atoms. The van der Waals surface area contributed by atoms with E-state index in [9.17, 15) is 14.0 Å². The van der Waals surface area contributed by atoms with Crippen molar-refractivity contribution in [1.29, 1.82) is 0 Å². The maximum absolute atomic E-state index is 13.6. The number of benzene rings is 4. The van der Waals surface area contributed by atoms with Crippen LogP contribution in [0.15, 0.2) is 83.3 Å². The highest BCUT2D eigenvalue weighted by Crippen LogP contribution is 2.42. The number of amides is 1. The highest BCUT2D eigenvalue weighted by Gasteiger charge is 2.25. The van der Waals surface area contributed by atoms with Crippen LogP contribution >= 0.6 is 0 Å². The standard InChI is InChI=1S/C34H31FN2O5/c1-5-37(6-2)29-19-31-28(18-27(29)22-12-15-30(40-4)23(16-22)20-38)32(34(39)36-3)33(42-31)21-10-13-25(14-11-21)41-26-9-7-8-24(35)17-26/h7-20H,5-6H2,1-4H3,(H,36,39). The summed E-state index contributed by atoms with van der Waals surface area (Å²) in [6.07, 6.45) is 0.769. The lowest BCUT2D eigenvalue weighted by Gasteiger charge is -2.24. The van der Waals surface area contributed by atoms with Gasteiger partial charge >= 0.3 is 0 Å². The lowest BCUT2D eigenvalue weighted by atomic mass is 9.96. The maximum atomic E-state index is 13.6. The van der Waals surface area contributed by atoms with Gasteiger partial charge in [0, 0.05) is 54.5 Å². The largest absolute Gasteiger partial charge is 0.496 e. The van der Waals surface area contributed by atoms with Gasteiger partial charge < -0.3 is 24.1 Å². The molecule has 0 atom stereocenters. The molecule has 0 aliphatic rings. The number of fused-ring (bicyclic) bond motifs is 1. The van der Waals surface area contributed by atoms with E-state index in [4.69, 9.17) is 13.9 Å². The average Bonchev–Trinajstić information content (AvgIpc) is 3.39. The van der Waals surface area contributed by atoms with Crippen molar-refractivity contribution in [3.8, 4) is 39.7 Å². The number of hydrogen-bond acceptors (Lipinski definition) is 6. The van der Waals surface area contributed by atoms with Gasteiger partial charge in [-0.15, -0.1) is 0 Å². The number of furan rings is 1. The van der Waals surface area contributed by atoms with E-state index in [0.29, 0.717) is 50.7 Å². The number of anilines is 1. The summed E-state index contributed by atoms with van der Waals surface area (Å²) in [5, 5.41) is 3.38. The van der Waals surface area contributed by atoms with E-state index in [1.165, 1.54) is 19.2 Å². The molecule has 0 saturated carbocycles. The predicted octanol–water partition coefficient (Wildman–Crippen LogP) is 7.73. The molecule has 0 aliphatic carbocycles. The van der Waals surface area contributed by atoms with Crippen LogP contribution in [-0.2, 0) is 0 Å². The van der Waals surface area contributed by atoms with Crippen molar-refractivity contribution in [2.75, 3.05) is 32.1 Å². The van der Waals surface area contributed by atoms with Crippen LogP contribution in [0.25, 0.3) is 33.4 Å². The number of rotatable bonds is 10. The van der Waals surface area contributed by atoms with Crippen LogP contribution in [0, 0.1) is 5.82 Å². The average molecular weight is 567 g/mol. The number of hydrogen-bond donors (Lipinski definition) is 1. The molecule has 214 valence electrons. The smallest absolute Gasteiger partial charge is 0.255 e. The molecule has 7 nitrogen and oxygen atoms in total. The van der Waals surface area contributed by atoms with Crippen molar-refractivity contribution >= 4 is 28.8 Å². The molecule has 4 aromatic carbocycles. The van der Waals surface area contributed by atoms with Gasteiger partial charge in [0.1, 0.15) is 34.4 Å². The summed E-state index contributed by atoms with van der Waals surface area (Å²) in [5.41, 5.74) is 4.63. The molecular formula is C34H31FN2O5. The lowest BCUT2D eigenvalue weighted by molar-refractivity contribution is 0.0964. The van der Waals surface area contributed by atoms with Gasteiger partial charge in [-0.25, -0.2) is 4.39 Å². The Labute approximate surface area is 243 Å². The summed E-state index contributed by atoms with van der Waals surface area (Å²) < 4.78 is 31.1. The number of nitrogens with zero attached hydrogens (tertiary/aromatic N) is 1. The molecule has 0 bridgehead atoms. The molecule has 1 amide bonds. The highest BCUT2D eigenvalue weighted by molar-refractivity contribution is 6.13. The Morgan fingerprint density at radius 1 is 0.952 bits per heavy atom. The normalized spacial score (nSPS) is 10.9. The zero-order valence-electron chi connectivity index (χ0n) is 23.9. The first kappa shape index (κ1) is 28.4. The fourth-order valence-corrected chi connectivity index (χ4v) is 5.08. The lowest BCUT2D eigenvalue weighted by Crippen LogP contribution is -2.22. The van der Waals surface area contributed by atoms with Gasteiger partial charge in [0.05, 0.1) is 18.2 Å². The van der Waals surface area contributed by atoms with Crippen LogP contribution in [0.1, 0.15) is 34.6 Å². The summed E-state index contributed by atoms with van der Waals surface area (Å²) >= 11 is 0. The van der Waals surface area contributed by atoms with E-state index < -0.39 is 0 Å². The second-order valence-electron chi connectivity index (χ2n) is 9.58. The molecule has 0 spiro atoms. The van der Waals surface area contributed by atoms with Crippen LogP contribution in [0.3, 0.4) is 0 Å². The SMILES string of the molecule is CCN(CC)c1cc2oc(-c3ccc(Oc4cccc(F)c4)cc3)c(C(=O)NC)c2cc1-c1ccc(OC)c(C=O)c1. The molecule has 5 aromatic rings. The van der Waals surface area contributed by atoms with Gasteiger partial charge in [0.15, 0.2) is 6.29 Å². The van der Waals surface area contributed by atoms with Gasteiger partial charge in [0.25, 0.3) is 5.91 Å². The molecule has 0 radical (unpaired) electrons. The van der Waals surface area contributed by atoms with E-state index in [1.807, 2.05) is 18.2 Å². The number of methoxy groups -OCH3 is 1. The number of aldehydes is 1. The molecule has 5 rings (SSSR count). The quantitative estimate of drug-likeness (QED) is 0.174. The predicted molar refractivity (Wildman–Crippen MR) is 162 cm³/mol. The van der Waals surface area contributed by atoms with Crippen LogP contribution in [0.4, 0.5) is 10.1 Å². The van der Waals surface area contributed by atoms with Crippen LogP contribution in [0.2, 0.25) is 0 Å². The summed E-state index contributed by atoms with van der Waals surface area (Å²) in [4.78, 5) is 27.3. The Bertz CT molecular complexity index is 1760. The second kappa shape index (κ2) is 12.2. The third kappa shape index (κ3) is 5.43. The van der Waals surface area contributed by atoms with Gasteiger partial charge in [-0.3, -0.25) is 9.59 Å². The Kier molecular flexibility index (Phi) is 8.24. The molecule has 0 aliphatic heterocycles. The Balaban J connectivity index is 1.66. The summed E-state index contributed by atoms with van der Waals surface area (Å²) in [7, 11) is 3.10. The van der Waals surface area contributed by atoms with E-state index >= 15 is 0 Å². The van der Waals surface area contributed by atoms with E-state index in [0.717, 1.165) is 36.2 Å². The molecule has 1 N–H and O–H groups in total. The van der Waals surface area contributed by atoms with E-state index in [1.54, 1.807) is 55.6 Å². The summed E-state index contributed by atoms with van der Waals surface area (Å²) in [5.74, 6) is 1.10. The highest BCUT2D eigenvalue weighted by atomic mass is 19.1. The first-order valence-electron chi connectivity index (χ1n) is 13.7. The van der Waals surface area contributed by atoms with Crippen LogP contribution in [-0.4, -0.2) is 39.4 Å². The topological polar surface area (TPSA) is 81.0 Å². The van der Waals surface area contributed by atoms with Crippen LogP contribution in [0.5, 0.6) is 17.2 Å². The minimum absolute atomic E-state index is 0.298. The molecule has 8 heteroatoms. The van der Waals surface area contributed by atoms with Crippen molar-refractivity contribution in [3.05, 3.63) is 95.8 Å². The number of nitrogens with one attached hydrogen (secondary N) is 1. The fraction of sp³-hybridized carbons (Fsp3) is 0.176. The summed E-state index contributed by atoms with van der Waals surface area (Å²) in [6.45, 7) is 5.63. The molecular weight excluding hydrogens is 535 g/mol. The Morgan fingerprint density at radius 3 is 2.33 bits per heavy atom.